The number of rotatable bonds is 4. The molecule has 118 valence electrons. The van der Waals surface area contributed by atoms with E-state index in [-0.39, 0.29) is 24.3 Å². The number of carbonyl (C=O) groups is 3. The van der Waals surface area contributed by atoms with Crippen LogP contribution in [-0.2, 0) is 9.59 Å². The Balaban J connectivity index is 1.77. The molecule has 22 heavy (non-hydrogen) atoms. The van der Waals surface area contributed by atoms with E-state index < -0.39 is 0 Å². The molecule has 6 heteroatoms. The summed E-state index contributed by atoms with van der Waals surface area (Å²) in [5, 5.41) is 2.63. The van der Waals surface area contributed by atoms with Gasteiger partial charge in [0.1, 0.15) is 0 Å². The minimum absolute atomic E-state index is 0.0184. The highest BCUT2D eigenvalue weighted by Gasteiger charge is 2.23. The molecule has 3 amide bonds. The van der Waals surface area contributed by atoms with Gasteiger partial charge in [0.15, 0.2) is 0 Å². The average molecular weight is 303 g/mol. The zero-order chi connectivity index (χ0) is 15.9. The molecule has 0 spiro atoms. The molecule has 1 saturated heterocycles. The largest absolute Gasteiger partial charge is 0.343 e. The van der Waals surface area contributed by atoms with E-state index in [0.717, 1.165) is 0 Å². The molecule has 0 saturated carbocycles. The van der Waals surface area contributed by atoms with Crippen LogP contribution in [0.5, 0.6) is 0 Å². The van der Waals surface area contributed by atoms with Crippen LogP contribution in [0.1, 0.15) is 23.7 Å². The summed E-state index contributed by atoms with van der Waals surface area (Å²) in [6.07, 6.45) is 0.487. The fourth-order valence-corrected chi connectivity index (χ4v) is 2.39. The van der Waals surface area contributed by atoms with Crippen LogP contribution in [-0.4, -0.2) is 60.2 Å². The third kappa shape index (κ3) is 4.07. The van der Waals surface area contributed by atoms with Crippen LogP contribution in [0.2, 0.25) is 0 Å². The predicted octanol–water partition coefficient (Wildman–Crippen LogP) is 0.497. The van der Waals surface area contributed by atoms with Crippen molar-refractivity contribution in [2.24, 2.45) is 0 Å². The second-order valence-corrected chi connectivity index (χ2v) is 5.16. The van der Waals surface area contributed by atoms with Crippen LogP contribution in [0.4, 0.5) is 0 Å². The van der Waals surface area contributed by atoms with Crippen LogP contribution < -0.4 is 5.32 Å². The smallest absolute Gasteiger partial charge is 0.251 e. The van der Waals surface area contributed by atoms with Crippen LogP contribution >= 0.6 is 0 Å². The molecule has 1 aliphatic rings. The summed E-state index contributed by atoms with van der Waals surface area (Å²) in [6.45, 7) is 3.97. The van der Waals surface area contributed by atoms with E-state index in [4.69, 9.17) is 0 Å². The van der Waals surface area contributed by atoms with Crippen molar-refractivity contribution in [1.82, 2.24) is 15.1 Å². The predicted molar refractivity (Wildman–Crippen MR) is 82.2 cm³/mol. The van der Waals surface area contributed by atoms with E-state index in [1.165, 1.54) is 0 Å². The molecule has 0 aliphatic carbocycles. The minimum Gasteiger partial charge on any atom is -0.343 e. The lowest BCUT2D eigenvalue weighted by Gasteiger charge is -2.34. The molecule has 0 aromatic heterocycles. The molecule has 1 aromatic rings. The van der Waals surface area contributed by atoms with Crippen molar-refractivity contribution < 1.29 is 14.4 Å². The number of hydrogen-bond acceptors (Lipinski definition) is 3. The van der Waals surface area contributed by atoms with Gasteiger partial charge in [-0.05, 0) is 12.1 Å². The van der Waals surface area contributed by atoms with Gasteiger partial charge in [0.2, 0.25) is 11.8 Å². The Labute approximate surface area is 130 Å². The molecule has 0 atom stereocenters. The number of nitrogens with one attached hydrogen (secondary N) is 1. The maximum atomic E-state index is 12.1. The molecule has 1 N–H and O–H groups in total. The van der Waals surface area contributed by atoms with Gasteiger partial charge in [-0.3, -0.25) is 14.4 Å². The molecule has 0 radical (unpaired) electrons. The molecule has 1 heterocycles. The van der Waals surface area contributed by atoms with E-state index in [9.17, 15) is 14.4 Å². The highest BCUT2D eigenvalue weighted by molar-refractivity contribution is 5.96. The first kappa shape index (κ1) is 16.0. The third-order valence-corrected chi connectivity index (χ3v) is 3.72. The number of amides is 3. The van der Waals surface area contributed by atoms with Crippen molar-refractivity contribution in [3.05, 3.63) is 35.9 Å². The van der Waals surface area contributed by atoms with Gasteiger partial charge in [-0.15, -0.1) is 0 Å². The monoisotopic (exact) mass is 303 g/mol. The van der Waals surface area contributed by atoms with Crippen molar-refractivity contribution in [2.75, 3.05) is 32.7 Å². The topological polar surface area (TPSA) is 69.7 Å². The van der Waals surface area contributed by atoms with Crippen molar-refractivity contribution >= 4 is 17.7 Å². The Kier molecular flexibility index (Phi) is 5.52. The molecule has 1 aliphatic heterocycles. The summed E-state index contributed by atoms with van der Waals surface area (Å²) in [7, 11) is 0. The van der Waals surface area contributed by atoms with Crippen molar-refractivity contribution in [3.63, 3.8) is 0 Å². The van der Waals surface area contributed by atoms with E-state index in [1.807, 2.05) is 13.0 Å². The third-order valence-electron chi connectivity index (χ3n) is 3.72. The van der Waals surface area contributed by atoms with Crippen molar-refractivity contribution in [2.45, 2.75) is 13.3 Å². The second kappa shape index (κ2) is 7.59. The van der Waals surface area contributed by atoms with E-state index >= 15 is 0 Å². The van der Waals surface area contributed by atoms with Crippen LogP contribution in [0.3, 0.4) is 0 Å². The summed E-state index contributed by atoms with van der Waals surface area (Å²) in [5.41, 5.74) is 0.536. The number of benzene rings is 1. The van der Waals surface area contributed by atoms with Gasteiger partial charge in [-0.2, -0.15) is 0 Å². The lowest BCUT2D eigenvalue weighted by molar-refractivity contribution is -0.138. The molecular formula is C16H21N3O3. The average Bonchev–Trinajstić information content (AvgIpc) is 2.59. The number of carbonyl (C=O) groups excluding carboxylic acids is 3. The van der Waals surface area contributed by atoms with Gasteiger partial charge in [0.25, 0.3) is 5.91 Å². The summed E-state index contributed by atoms with van der Waals surface area (Å²) < 4.78 is 0. The van der Waals surface area contributed by atoms with Crippen LogP contribution in [0, 0.1) is 0 Å². The molecular weight excluding hydrogens is 282 g/mol. The van der Waals surface area contributed by atoms with Gasteiger partial charge >= 0.3 is 0 Å². The van der Waals surface area contributed by atoms with Gasteiger partial charge in [0.05, 0.1) is 6.54 Å². The number of hydrogen-bond donors (Lipinski definition) is 1. The van der Waals surface area contributed by atoms with Gasteiger partial charge in [0, 0.05) is 38.2 Å². The Morgan fingerprint density at radius 2 is 1.50 bits per heavy atom. The Morgan fingerprint density at radius 3 is 2.05 bits per heavy atom. The Hall–Kier alpha value is -2.37. The molecule has 0 bridgehead atoms. The first-order chi connectivity index (χ1) is 10.6. The van der Waals surface area contributed by atoms with Crippen molar-refractivity contribution in [3.8, 4) is 0 Å². The van der Waals surface area contributed by atoms with E-state index in [0.29, 0.717) is 38.2 Å². The Morgan fingerprint density at radius 1 is 0.955 bits per heavy atom. The summed E-state index contributed by atoms with van der Waals surface area (Å²) in [6, 6.07) is 8.80. The van der Waals surface area contributed by atoms with Gasteiger partial charge < -0.3 is 15.1 Å². The Bertz CT molecular complexity index is 537. The first-order valence-corrected chi connectivity index (χ1v) is 7.50. The number of piperazine rings is 1. The van der Waals surface area contributed by atoms with E-state index in [2.05, 4.69) is 5.32 Å². The zero-order valence-corrected chi connectivity index (χ0v) is 12.7. The normalized spacial score (nSPS) is 14.6. The minimum atomic E-state index is -0.256. The van der Waals surface area contributed by atoms with E-state index in [1.54, 1.807) is 34.1 Å². The van der Waals surface area contributed by atoms with Crippen LogP contribution in [0.25, 0.3) is 0 Å². The van der Waals surface area contributed by atoms with Gasteiger partial charge in [-0.1, -0.05) is 25.1 Å². The molecule has 0 unspecified atom stereocenters. The molecule has 6 nitrogen and oxygen atoms in total. The maximum Gasteiger partial charge on any atom is 0.251 e. The SMILES string of the molecule is CCC(=O)N1CCN(C(=O)CNC(=O)c2ccccc2)CC1. The fourth-order valence-electron chi connectivity index (χ4n) is 2.39. The summed E-state index contributed by atoms with van der Waals surface area (Å²) in [4.78, 5) is 39.0. The first-order valence-electron chi connectivity index (χ1n) is 7.50. The summed E-state index contributed by atoms with van der Waals surface area (Å²) in [5.74, 6) is -0.258. The quantitative estimate of drug-likeness (QED) is 0.880. The lowest BCUT2D eigenvalue weighted by atomic mass is 10.2. The standard InChI is InChI=1S/C16H21N3O3/c1-2-14(20)18-8-10-19(11-9-18)15(21)12-17-16(22)13-6-4-3-5-7-13/h3-7H,2,8-12H2,1H3,(H,17,22). The highest BCUT2D eigenvalue weighted by atomic mass is 16.2. The maximum absolute atomic E-state index is 12.1. The molecule has 2 rings (SSSR count). The highest BCUT2D eigenvalue weighted by Crippen LogP contribution is 2.04. The molecule has 1 fully saturated rings. The fraction of sp³-hybridized carbons (Fsp3) is 0.438. The second-order valence-electron chi connectivity index (χ2n) is 5.16. The van der Waals surface area contributed by atoms with Crippen molar-refractivity contribution in [1.29, 1.82) is 0 Å². The molecule has 1 aromatic carbocycles. The zero-order valence-electron chi connectivity index (χ0n) is 12.7. The van der Waals surface area contributed by atoms with Gasteiger partial charge in [-0.25, -0.2) is 0 Å². The number of nitrogens with zero attached hydrogens (tertiary/aromatic N) is 2. The van der Waals surface area contributed by atoms with Crippen LogP contribution in [0.15, 0.2) is 30.3 Å². The lowest BCUT2D eigenvalue weighted by Crippen LogP contribution is -2.52. The summed E-state index contributed by atoms with van der Waals surface area (Å²) >= 11 is 0.